The maximum absolute atomic E-state index is 11.6. The summed E-state index contributed by atoms with van der Waals surface area (Å²) >= 11 is 3.37. The molecule has 0 radical (unpaired) electrons. The number of halogens is 1. The molecule has 22 heavy (non-hydrogen) atoms. The first-order valence-corrected chi connectivity index (χ1v) is 7.65. The van der Waals surface area contributed by atoms with Gasteiger partial charge in [-0.1, -0.05) is 45.8 Å². The quantitative estimate of drug-likeness (QED) is 0.705. The minimum absolute atomic E-state index is 0.196. The monoisotopic (exact) mass is 354 g/mol. The van der Waals surface area contributed by atoms with E-state index in [1.807, 2.05) is 43.3 Å². The number of carboxylic acids is 1. The van der Waals surface area contributed by atoms with E-state index in [4.69, 9.17) is 0 Å². The summed E-state index contributed by atoms with van der Waals surface area (Å²) in [5.74, 6) is -1.18. The van der Waals surface area contributed by atoms with Crippen LogP contribution in [0.15, 0.2) is 46.9 Å². The first-order chi connectivity index (χ1) is 10.5. The largest absolute Gasteiger partial charge is 0.545 e. The molecule has 0 aliphatic heterocycles. The molecule has 3 aromatic rings. The zero-order chi connectivity index (χ0) is 15.9. The summed E-state index contributed by atoms with van der Waals surface area (Å²) in [4.78, 5) is 16.3. The van der Waals surface area contributed by atoms with Crippen molar-refractivity contribution in [3.63, 3.8) is 0 Å². The highest BCUT2D eigenvalue weighted by atomic mass is 79.9. The Hall–Kier alpha value is -2.20. The molecule has 110 valence electrons. The first-order valence-electron chi connectivity index (χ1n) is 6.85. The van der Waals surface area contributed by atoms with Gasteiger partial charge in [-0.15, -0.1) is 0 Å². The Morgan fingerprint density at radius 2 is 1.77 bits per heavy atom. The van der Waals surface area contributed by atoms with Gasteiger partial charge in [0.1, 0.15) is 0 Å². The van der Waals surface area contributed by atoms with Gasteiger partial charge in [0.25, 0.3) is 0 Å². The molecule has 0 bridgehead atoms. The highest BCUT2D eigenvalue weighted by molar-refractivity contribution is 9.10. The number of hydrogen-bond donors (Lipinski definition) is 0. The molecule has 0 amide bonds. The van der Waals surface area contributed by atoms with E-state index in [1.54, 1.807) is 13.0 Å². The fraction of sp³-hybridized carbons (Fsp3) is 0.111. The van der Waals surface area contributed by atoms with E-state index in [0.29, 0.717) is 22.2 Å². The molecule has 0 N–H and O–H groups in total. The van der Waals surface area contributed by atoms with Gasteiger partial charge in [0.15, 0.2) is 0 Å². The molecule has 0 fully saturated rings. The molecular formula is C18H13BrNO2-. The predicted molar refractivity (Wildman–Crippen MR) is 88.7 cm³/mol. The summed E-state index contributed by atoms with van der Waals surface area (Å²) in [7, 11) is 0. The van der Waals surface area contributed by atoms with Gasteiger partial charge in [0.05, 0.1) is 17.2 Å². The van der Waals surface area contributed by atoms with Gasteiger partial charge in [-0.3, -0.25) is 0 Å². The molecule has 1 heterocycles. The Labute approximate surface area is 136 Å². The summed E-state index contributed by atoms with van der Waals surface area (Å²) in [6, 6.07) is 13.3. The van der Waals surface area contributed by atoms with Crippen LogP contribution in [0.4, 0.5) is 0 Å². The Kier molecular flexibility index (Phi) is 3.71. The molecule has 0 atom stereocenters. The third-order valence-electron chi connectivity index (χ3n) is 3.72. The maximum Gasteiger partial charge on any atom is 0.0745 e. The summed E-state index contributed by atoms with van der Waals surface area (Å²) in [5, 5.41) is 12.2. The number of pyridine rings is 1. The Morgan fingerprint density at radius 1 is 1.09 bits per heavy atom. The minimum Gasteiger partial charge on any atom is -0.545 e. The molecular weight excluding hydrogens is 342 g/mol. The molecule has 0 aliphatic rings. The van der Waals surface area contributed by atoms with Gasteiger partial charge in [-0.25, -0.2) is 4.98 Å². The van der Waals surface area contributed by atoms with E-state index in [-0.39, 0.29) is 5.56 Å². The van der Waals surface area contributed by atoms with Crippen molar-refractivity contribution in [2.24, 2.45) is 0 Å². The van der Waals surface area contributed by atoms with E-state index in [0.717, 1.165) is 15.6 Å². The maximum atomic E-state index is 11.6. The average Bonchev–Trinajstić information content (AvgIpc) is 2.47. The van der Waals surface area contributed by atoms with Crippen LogP contribution in [-0.4, -0.2) is 11.0 Å². The lowest BCUT2D eigenvalue weighted by molar-refractivity contribution is -0.254. The van der Waals surface area contributed by atoms with Crippen LogP contribution < -0.4 is 5.11 Å². The van der Waals surface area contributed by atoms with Gasteiger partial charge in [0, 0.05) is 21.0 Å². The molecule has 0 spiro atoms. The lowest BCUT2D eigenvalue weighted by atomic mass is 9.97. The fourth-order valence-electron chi connectivity index (χ4n) is 2.59. The van der Waals surface area contributed by atoms with Gasteiger partial charge in [-0.05, 0) is 37.6 Å². The zero-order valence-corrected chi connectivity index (χ0v) is 13.8. The minimum atomic E-state index is -1.18. The number of benzene rings is 2. The number of rotatable bonds is 2. The Morgan fingerprint density at radius 3 is 2.41 bits per heavy atom. The normalized spacial score (nSPS) is 10.9. The van der Waals surface area contributed by atoms with Crippen molar-refractivity contribution < 1.29 is 9.90 Å². The number of hydrogen-bond acceptors (Lipinski definition) is 3. The van der Waals surface area contributed by atoms with Crippen LogP contribution in [0.5, 0.6) is 0 Å². The molecule has 3 nitrogen and oxygen atoms in total. The second-order valence-corrected chi connectivity index (χ2v) is 6.19. The van der Waals surface area contributed by atoms with Crippen LogP contribution in [-0.2, 0) is 0 Å². The number of carboxylic acid groups (broad SMARTS) is 1. The van der Waals surface area contributed by atoms with E-state index < -0.39 is 5.97 Å². The first kappa shape index (κ1) is 14.7. The number of nitrogens with zero attached hydrogens (tertiary/aromatic N) is 1. The van der Waals surface area contributed by atoms with Crippen LogP contribution in [0.25, 0.3) is 22.2 Å². The second kappa shape index (κ2) is 5.54. The van der Waals surface area contributed by atoms with Crippen molar-refractivity contribution in [1.82, 2.24) is 4.98 Å². The molecule has 2 aromatic carbocycles. The van der Waals surface area contributed by atoms with Crippen molar-refractivity contribution >= 4 is 32.8 Å². The van der Waals surface area contributed by atoms with Crippen LogP contribution in [0.3, 0.4) is 0 Å². The van der Waals surface area contributed by atoms with E-state index in [9.17, 15) is 9.90 Å². The highest BCUT2D eigenvalue weighted by Crippen LogP contribution is 2.31. The lowest BCUT2D eigenvalue weighted by Crippen LogP contribution is -2.24. The third kappa shape index (κ3) is 2.50. The number of aryl methyl sites for hydroxylation is 1. The molecule has 0 saturated heterocycles. The van der Waals surface area contributed by atoms with E-state index in [1.165, 1.54) is 0 Å². The summed E-state index contributed by atoms with van der Waals surface area (Å²) < 4.78 is 0.812. The van der Waals surface area contributed by atoms with Crippen molar-refractivity contribution in [1.29, 1.82) is 0 Å². The molecule has 0 saturated carbocycles. The summed E-state index contributed by atoms with van der Waals surface area (Å²) in [6.45, 7) is 3.78. The Bertz CT molecular complexity index is 886. The van der Waals surface area contributed by atoms with Crippen molar-refractivity contribution in [2.75, 3.05) is 0 Å². The molecule has 0 aliphatic carbocycles. The van der Waals surface area contributed by atoms with Crippen molar-refractivity contribution in [3.05, 3.63) is 63.6 Å². The van der Waals surface area contributed by atoms with Gasteiger partial charge < -0.3 is 9.90 Å². The topological polar surface area (TPSA) is 53.0 Å². The third-order valence-corrected chi connectivity index (χ3v) is 4.21. The molecule has 1 aromatic heterocycles. The standard InChI is InChI=1S/C18H14BrNO2/c1-10-3-5-12(6-4-10)17-11(2)16(18(21)22)14-9-13(19)7-8-15(14)20-17/h3-9H,1-2H3,(H,21,22)/p-1. The molecule has 3 rings (SSSR count). The SMILES string of the molecule is Cc1ccc(-c2nc3ccc(Br)cc3c(C(=O)[O-])c2C)cc1. The number of fused-ring (bicyclic) bond motifs is 1. The van der Waals surface area contributed by atoms with Gasteiger partial charge in [-0.2, -0.15) is 0 Å². The predicted octanol–water partition coefficient (Wildman–Crippen LogP) is 3.64. The van der Waals surface area contributed by atoms with Crippen molar-refractivity contribution in [3.8, 4) is 11.3 Å². The van der Waals surface area contributed by atoms with E-state index >= 15 is 0 Å². The molecule has 4 heteroatoms. The molecule has 0 unspecified atom stereocenters. The number of aromatic nitrogens is 1. The summed E-state index contributed by atoms with van der Waals surface area (Å²) in [6.07, 6.45) is 0. The van der Waals surface area contributed by atoms with Crippen LogP contribution in [0, 0.1) is 13.8 Å². The zero-order valence-electron chi connectivity index (χ0n) is 12.2. The summed E-state index contributed by atoms with van der Waals surface area (Å²) in [5.41, 5.74) is 4.18. The Balaban J connectivity index is 2.37. The lowest BCUT2D eigenvalue weighted by Gasteiger charge is -2.15. The van der Waals surface area contributed by atoms with Crippen LogP contribution in [0.2, 0.25) is 0 Å². The van der Waals surface area contributed by atoms with E-state index in [2.05, 4.69) is 20.9 Å². The second-order valence-electron chi connectivity index (χ2n) is 5.28. The number of carbonyl (C=O) groups excluding carboxylic acids is 1. The smallest absolute Gasteiger partial charge is 0.0745 e. The highest BCUT2D eigenvalue weighted by Gasteiger charge is 2.14. The number of aromatic carboxylic acids is 1. The fourth-order valence-corrected chi connectivity index (χ4v) is 2.95. The van der Waals surface area contributed by atoms with Gasteiger partial charge in [0.2, 0.25) is 0 Å². The average molecular weight is 355 g/mol. The van der Waals surface area contributed by atoms with Crippen LogP contribution in [0.1, 0.15) is 21.5 Å². The number of carbonyl (C=O) groups is 1. The van der Waals surface area contributed by atoms with Crippen molar-refractivity contribution in [2.45, 2.75) is 13.8 Å². The van der Waals surface area contributed by atoms with Crippen LogP contribution >= 0.6 is 15.9 Å². The van der Waals surface area contributed by atoms with Gasteiger partial charge >= 0.3 is 0 Å².